The minimum absolute atomic E-state index is 0.0234. The fraction of sp³-hybridized carbons (Fsp3) is 0.636. The highest BCUT2D eigenvalue weighted by atomic mass is 16.5. The van der Waals surface area contributed by atoms with Gasteiger partial charge in [0, 0.05) is 0 Å². The molecule has 20 heavy (non-hydrogen) atoms. The van der Waals surface area contributed by atoms with Crippen LogP contribution in [0.25, 0.3) is 0 Å². The van der Waals surface area contributed by atoms with Crippen molar-refractivity contribution in [2.24, 2.45) is 0 Å². The molecule has 2 heterocycles. The molecule has 3 N–H and O–H groups in total. The summed E-state index contributed by atoms with van der Waals surface area (Å²) >= 11 is 0. The fourth-order valence-electron chi connectivity index (χ4n) is 1.85. The summed E-state index contributed by atoms with van der Waals surface area (Å²) in [5.74, 6) is -1.22. The van der Waals surface area contributed by atoms with E-state index < -0.39 is 18.0 Å². The number of methoxy groups -OCH3 is 1. The Labute approximate surface area is 114 Å². The average molecular weight is 284 g/mol. The Bertz CT molecular complexity index is 483. The summed E-state index contributed by atoms with van der Waals surface area (Å²) in [6.45, 7) is 0.594. The van der Waals surface area contributed by atoms with E-state index in [1.807, 2.05) is 0 Å². The molecular formula is C11H16N4O5. The lowest BCUT2D eigenvalue weighted by Crippen LogP contribution is -2.37. The van der Waals surface area contributed by atoms with Crippen LogP contribution in [0.1, 0.15) is 35.4 Å². The Morgan fingerprint density at radius 1 is 1.65 bits per heavy atom. The van der Waals surface area contributed by atoms with Gasteiger partial charge in [-0.05, 0) is 19.4 Å². The maximum atomic E-state index is 11.7. The van der Waals surface area contributed by atoms with Gasteiger partial charge in [-0.15, -0.1) is 0 Å². The van der Waals surface area contributed by atoms with E-state index in [9.17, 15) is 14.7 Å². The van der Waals surface area contributed by atoms with Crippen molar-refractivity contribution in [3.8, 4) is 0 Å². The van der Waals surface area contributed by atoms with Crippen molar-refractivity contribution in [2.75, 3.05) is 20.2 Å². The van der Waals surface area contributed by atoms with Gasteiger partial charge in [0.2, 0.25) is 5.89 Å². The van der Waals surface area contributed by atoms with E-state index in [1.165, 1.54) is 0 Å². The summed E-state index contributed by atoms with van der Waals surface area (Å²) in [4.78, 5) is 26.7. The normalized spacial score (nSPS) is 19.6. The smallest absolute Gasteiger partial charge is 0.336 e. The number of nitrogens with one attached hydrogen (secondary N) is 2. The van der Waals surface area contributed by atoms with E-state index in [2.05, 4.69) is 25.5 Å². The van der Waals surface area contributed by atoms with Gasteiger partial charge in [-0.1, -0.05) is 5.16 Å². The minimum atomic E-state index is -1.42. The number of hydrogen-bond acceptors (Lipinski definition) is 8. The zero-order chi connectivity index (χ0) is 14.5. The van der Waals surface area contributed by atoms with Gasteiger partial charge in [0.25, 0.3) is 11.7 Å². The molecule has 0 saturated carbocycles. The van der Waals surface area contributed by atoms with Gasteiger partial charge in [0.15, 0.2) is 6.10 Å². The Morgan fingerprint density at radius 2 is 2.45 bits per heavy atom. The summed E-state index contributed by atoms with van der Waals surface area (Å²) < 4.78 is 9.33. The van der Waals surface area contributed by atoms with Crippen LogP contribution in [0.2, 0.25) is 0 Å². The van der Waals surface area contributed by atoms with Gasteiger partial charge in [0.1, 0.15) is 0 Å². The molecular weight excluding hydrogens is 268 g/mol. The molecule has 9 heteroatoms. The summed E-state index contributed by atoms with van der Waals surface area (Å²) in [6.07, 6.45) is 0.469. The monoisotopic (exact) mass is 284 g/mol. The van der Waals surface area contributed by atoms with E-state index in [-0.39, 0.29) is 18.4 Å². The van der Waals surface area contributed by atoms with Crippen LogP contribution in [0.4, 0.5) is 0 Å². The lowest BCUT2D eigenvalue weighted by atomic mass is 10.2. The van der Waals surface area contributed by atoms with Crippen LogP contribution in [0.5, 0.6) is 0 Å². The molecule has 1 fully saturated rings. The third-order valence-electron chi connectivity index (χ3n) is 2.93. The number of esters is 1. The van der Waals surface area contributed by atoms with Crippen LogP contribution >= 0.6 is 0 Å². The average Bonchev–Trinajstić information content (AvgIpc) is 3.12. The van der Waals surface area contributed by atoms with Crippen molar-refractivity contribution in [3.05, 3.63) is 11.7 Å². The molecule has 1 aromatic rings. The number of hydrogen-bond donors (Lipinski definition) is 3. The van der Waals surface area contributed by atoms with E-state index in [1.54, 1.807) is 0 Å². The molecule has 9 nitrogen and oxygen atoms in total. The van der Waals surface area contributed by atoms with E-state index in [4.69, 9.17) is 4.52 Å². The lowest BCUT2D eigenvalue weighted by molar-refractivity contribution is -0.149. The maximum absolute atomic E-state index is 11.7. The molecule has 2 atom stereocenters. The molecule has 0 aliphatic carbocycles. The molecule has 2 rings (SSSR count). The molecule has 1 amide bonds. The molecule has 0 radical (unpaired) electrons. The number of ether oxygens (including phenoxy) is 1. The molecule has 0 spiro atoms. The van der Waals surface area contributed by atoms with Gasteiger partial charge < -0.3 is 25.0 Å². The predicted octanol–water partition coefficient (Wildman–Crippen LogP) is -1.24. The lowest BCUT2D eigenvalue weighted by Gasteiger charge is -2.07. The summed E-state index contributed by atoms with van der Waals surface area (Å²) in [5, 5.41) is 18.4. The van der Waals surface area contributed by atoms with E-state index in [0.717, 1.165) is 26.5 Å². The Kier molecular flexibility index (Phi) is 4.64. The number of nitrogens with zero attached hydrogens (tertiary/aromatic N) is 2. The molecule has 1 aromatic heterocycles. The topological polar surface area (TPSA) is 127 Å². The molecule has 2 unspecified atom stereocenters. The SMILES string of the molecule is COC(=O)C(O)CNC(=O)c1noc(C2CCCN2)n1. The van der Waals surface area contributed by atoms with Crippen molar-refractivity contribution in [1.29, 1.82) is 0 Å². The van der Waals surface area contributed by atoms with Crippen molar-refractivity contribution in [3.63, 3.8) is 0 Å². The molecule has 1 aliphatic heterocycles. The van der Waals surface area contributed by atoms with Crippen LogP contribution in [-0.4, -0.2) is 53.4 Å². The van der Waals surface area contributed by atoms with Crippen LogP contribution in [0.3, 0.4) is 0 Å². The van der Waals surface area contributed by atoms with Gasteiger partial charge in [-0.25, -0.2) is 4.79 Å². The van der Waals surface area contributed by atoms with Gasteiger partial charge >= 0.3 is 5.97 Å². The molecule has 0 bridgehead atoms. The van der Waals surface area contributed by atoms with E-state index in [0.29, 0.717) is 5.89 Å². The third kappa shape index (κ3) is 3.31. The Balaban J connectivity index is 1.88. The summed E-state index contributed by atoms with van der Waals surface area (Å²) in [5.41, 5.74) is 0. The standard InChI is InChI=1S/C11H16N4O5/c1-19-11(18)7(16)5-13-9(17)8-14-10(20-15-8)6-3-2-4-12-6/h6-7,12,16H,2-5H2,1H3,(H,13,17). The quantitative estimate of drug-likeness (QED) is 0.573. The predicted molar refractivity (Wildman–Crippen MR) is 64.6 cm³/mol. The zero-order valence-electron chi connectivity index (χ0n) is 11.0. The van der Waals surface area contributed by atoms with Crippen molar-refractivity contribution < 1.29 is 24.0 Å². The highest BCUT2D eigenvalue weighted by molar-refractivity contribution is 5.90. The number of amides is 1. The number of aliphatic hydroxyl groups is 1. The van der Waals surface area contributed by atoms with Crippen molar-refractivity contribution >= 4 is 11.9 Å². The first kappa shape index (κ1) is 14.4. The van der Waals surface area contributed by atoms with Gasteiger partial charge in [-0.2, -0.15) is 4.98 Å². The molecule has 0 aromatic carbocycles. The van der Waals surface area contributed by atoms with Crippen LogP contribution in [-0.2, 0) is 9.53 Å². The summed E-state index contributed by atoms with van der Waals surface area (Å²) in [7, 11) is 1.15. The van der Waals surface area contributed by atoms with Crippen molar-refractivity contribution in [2.45, 2.75) is 25.0 Å². The Hall–Kier alpha value is -2.00. The number of aromatic nitrogens is 2. The van der Waals surface area contributed by atoms with E-state index >= 15 is 0 Å². The number of carbonyl (C=O) groups is 2. The van der Waals surface area contributed by atoms with Gasteiger partial charge in [-0.3, -0.25) is 4.79 Å². The second-order valence-electron chi connectivity index (χ2n) is 4.35. The second kappa shape index (κ2) is 6.44. The largest absolute Gasteiger partial charge is 0.467 e. The summed E-state index contributed by atoms with van der Waals surface area (Å²) in [6, 6.07) is -0.0234. The molecule has 110 valence electrons. The third-order valence-corrected chi connectivity index (χ3v) is 2.93. The minimum Gasteiger partial charge on any atom is -0.467 e. The van der Waals surface area contributed by atoms with Crippen molar-refractivity contribution in [1.82, 2.24) is 20.8 Å². The first-order valence-corrected chi connectivity index (χ1v) is 6.23. The fourth-order valence-corrected chi connectivity index (χ4v) is 1.85. The number of rotatable bonds is 5. The van der Waals surface area contributed by atoms with Gasteiger partial charge in [0.05, 0.1) is 19.7 Å². The first-order valence-electron chi connectivity index (χ1n) is 6.23. The van der Waals surface area contributed by atoms with Crippen LogP contribution < -0.4 is 10.6 Å². The molecule has 1 saturated heterocycles. The molecule has 1 aliphatic rings. The maximum Gasteiger partial charge on any atom is 0.336 e. The second-order valence-corrected chi connectivity index (χ2v) is 4.35. The highest BCUT2D eigenvalue weighted by Gasteiger charge is 2.25. The van der Waals surface area contributed by atoms with Crippen LogP contribution in [0.15, 0.2) is 4.52 Å². The van der Waals surface area contributed by atoms with Crippen LogP contribution in [0, 0.1) is 0 Å². The Morgan fingerprint density at radius 3 is 3.10 bits per heavy atom. The number of aliphatic hydroxyl groups excluding tert-OH is 1. The number of carbonyl (C=O) groups excluding carboxylic acids is 2. The first-order chi connectivity index (χ1) is 9.61. The highest BCUT2D eigenvalue weighted by Crippen LogP contribution is 2.20. The zero-order valence-corrected chi connectivity index (χ0v) is 11.0.